The van der Waals surface area contributed by atoms with Gasteiger partial charge in [-0.25, -0.2) is 0 Å². The first kappa shape index (κ1) is 19.2. The van der Waals surface area contributed by atoms with E-state index in [1.54, 1.807) is 18.2 Å². The predicted molar refractivity (Wildman–Crippen MR) is 94.3 cm³/mol. The van der Waals surface area contributed by atoms with Crippen LogP contribution in [0.15, 0.2) is 46.9 Å². The molecule has 2 aromatic rings. The summed E-state index contributed by atoms with van der Waals surface area (Å²) in [6.45, 7) is 0.0648. The second-order valence-corrected chi connectivity index (χ2v) is 6.10. The van der Waals surface area contributed by atoms with Crippen LogP contribution >= 0.6 is 15.9 Å². The molecule has 0 bridgehead atoms. The van der Waals surface area contributed by atoms with Gasteiger partial charge in [0.1, 0.15) is 0 Å². The highest BCUT2D eigenvalue weighted by molar-refractivity contribution is 9.10. The molecule has 7 heteroatoms. The number of ether oxygens (including phenoxy) is 2. The molecule has 0 aliphatic carbocycles. The van der Waals surface area contributed by atoms with Gasteiger partial charge in [-0.3, -0.25) is 4.79 Å². The van der Waals surface area contributed by atoms with E-state index < -0.39 is 11.8 Å². The maximum atomic E-state index is 14.1. The van der Waals surface area contributed by atoms with Crippen LogP contribution in [0.3, 0.4) is 0 Å². The van der Waals surface area contributed by atoms with E-state index in [1.807, 2.05) is 0 Å². The van der Waals surface area contributed by atoms with Crippen molar-refractivity contribution in [2.45, 2.75) is 12.3 Å². The summed E-state index contributed by atoms with van der Waals surface area (Å²) in [6, 6.07) is 10.5. The molecule has 2 rings (SSSR count). The topological polar surface area (TPSA) is 47.6 Å². The number of hydrogen-bond donors (Lipinski definition) is 1. The monoisotopic (exact) mass is 413 g/mol. The van der Waals surface area contributed by atoms with Gasteiger partial charge in [0.05, 0.1) is 14.2 Å². The minimum absolute atomic E-state index is 0.0648. The minimum atomic E-state index is -3.57. The fourth-order valence-electron chi connectivity index (χ4n) is 2.29. The average molecular weight is 414 g/mol. The fraction of sp³-hybridized carbons (Fsp3) is 0.278. The third kappa shape index (κ3) is 4.48. The SMILES string of the molecule is COc1cc(Br)c(CCNC(=O)C(F)(F)c2ccccc2)cc1OC. The van der Waals surface area contributed by atoms with E-state index in [0.29, 0.717) is 17.9 Å². The first-order chi connectivity index (χ1) is 11.9. The molecule has 134 valence electrons. The van der Waals surface area contributed by atoms with Crippen molar-refractivity contribution in [1.29, 1.82) is 0 Å². The van der Waals surface area contributed by atoms with E-state index >= 15 is 0 Å². The van der Waals surface area contributed by atoms with Crippen LogP contribution in [0, 0.1) is 0 Å². The Morgan fingerprint density at radius 3 is 2.32 bits per heavy atom. The summed E-state index contributed by atoms with van der Waals surface area (Å²) >= 11 is 3.40. The molecule has 0 radical (unpaired) electrons. The Kier molecular flexibility index (Phi) is 6.36. The Bertz CT molecular complexity index is 739. The fourth-order valence-corrected chi connectivity index (χ4v) is 2.81. The highest BCUT2D eigenvalue weighted by Crippen LogP contribution is 2.33. The van der Waals surface area contributed by atoms with Crippen molar-refractivity contribution in [1.82, 2.24) is 5.32 Å². The lowest BCUT2D eigenvalue weighted by Crippen LogP contribution is -2.39. The van der Waals surface area contributed by atoms with Gasteiger partial charge in [0.2, 0.25) is 0 Å². The maximum Gasteiger partial charge on any atom is 0.349 e. The number of amides is 1. The smallest absolute Gasteiger partial charge is 0.349 e. The van der Waals surface area contributed by atoms with Crippen LogP contribution in [0.5, 0.6) is 11.5 Å². The number of hydrogen-bond acceptors (Lipinski definition) is 3. The van der Waals surface area contributed by atoms with Crippen molar-refractivity contribution >= 4 is 21.8 Å². The highest BCUT2D eigenvalue weighted by Gasteiger charge is 2.40. The molecule has 0 saturated heterocycles. The normalized spacial score (nSPS) is 11.1. The van der Waals surface area contributed by atoms with E-state index in [1.165, 1.54) is 38.5 Å². The quantitative estimate of drug-likeness (QED) is 0.748. The van der Waals surface area contributed by atoms with Gasteiger partial charge in [0.15, 0.2) is 11.5 Å². The number of alkyl halides is 2. The van der Waals surface area contributed by atoms with Crippen molar-refractivity contribution in [3.63, 3.8) is 0 Å². The van der Waals surface area contributed by atoms with Crippen LogP contribution in [0.1, 0.15) is 11.1 Å². The minimum Gasteiger partial charge on any atom is -0.493 e. The molecule has 25 heavy (non-hydrogen) atoms. The Hall–Kier alpha value is -2.15. The van der Waals surface area contributed by atoms with Crippen molar-refractivity contribution in [3.05, 3.63) is 58.1 Å². The van der Waals surface area contributed by atoms with E-state index in [-0.39, 0.29) is 12.1 Å². The van der Waals surface area contributed by atoms with Gasteiger partial charge in [0, 0.05) is 16.6 Å². The summed E-state index contributed by atoms with van der Waals surface area (Å²) in [5.74, 6) is -3.81. The molecule has 2 aromatic carbocycles. The summed E-state index contributed by atoms with van der Waals surface area (Å²) in [5, 5.41) is 2.28. The first-order valence-corrected chi connectivity index (χ1v) is 8.31. The third-order valence-electron chi connectivity index (χ3n) is 3.65. The number of carbonyl (C=O) groups excluding carboxylic acids is 1. The van der Waals surface area contributed by atoms with Crippen molar-refractivity contribution < 1.29 is 23.0 Å². The van der Waals surface area contributed by atoms with Gasteiger partial charge in [-0.15, -0.1) is 0 Å². The second kappa shape index (κ2) is 8.29. The molecule has 0 fully saturated rings. The summed E-state index contributed by atoms with van der Waals surface area (Å²) in [5.41, 5.74) is 0.473. The standard InChI is InChI=1S/C18H18BrF2NO3/c1-24-15-10-12(14(19)11-16(15)25-2)8-9-22-17(23)18(20,21)13-6-4-3-5-7-13/h3-7,10-11H,8-9H2,1-2H3,(H,22,23). The van der Waals surface area contributed by atoms with E-state index in [9.17, 15) is 13.6 Å². The molecule has 0 aromatic heterocycles. The molecule has 0 heterocycles. The van der Waals surface area contributed by atoms with Gasteiger partial charge in [0.25, 0.3) is 5.91 Å². The predicted octanol–water partition coefficient (Wildman–Crippen LogP) is 3.92. The number of carbonyl (C=O) groups is 1. The van der Waals surface area contributed by atoms with Crippen LogP contribution in [-0.4, -0.2) is 26.7 Å². The molecular formula is C18H18BrF2NO3. The van der Waals surface area contributed by atoms with Crippen molar-refractivity contribution in [3.8, 4) is 11.5 Å². The van der Waals surface area contributed by atoms with Gasteiger partial charge in [-0.1, -0.05) is 46.3 Å². The van der Waals surface area contributed by atoms with E-state index in [0.717, 1.165) is 10.0 Å². The zero-order valence-electron chi connectivity index (χ0n) is 13.8. The molecule has 0 aliphatic heterocycles. The summed E-state index contributed by atoms with van der Waals surface area (Å²) in [6.07, 6.45) is 0.359. The van der Waals surface area contributed by atoms with Crippen LogP contribution < -0.4 is 14.8 Å². The third-order valence-corrected chi connectivity index (χ3v) is 4.39. The highest BCUT2D eigenvalue weighted by atomic mass is 79.9. The maximum absolute atomic E-state index is 14.1. The van der Waals surface area contributed by atoms with E-state index in [2.05, 4.69) is 21.2 Å². The van der Waals surface area contributed by atoms with Gasteiger partial charge in [-0.05, 0) is 24.1 Å². The Morgan fingerprint density at radius 1 is 1.12 bits per heavy atom. The van der Waals surface area contributed by atoms with Gasteiger partial charge < -0.3 is 14.8 Å². The van der Waals surface area contributed by atoms with Crippen LogP contribution in [0.25, 0.3) is 0 Å². The first-order valence-electron chi connectivity index (χ1n) is 7.52. The number of methoxy groups -OCH3 is 2. The molecule has 0 unspecified atom stereocenters. The van der Waals surface area contributed by atoms with Crippen molar-refractivity contribution in [2.75, 3.05) is 20.8 Å². The van der Waals surface area contributed by atoms with Crippen LogP contribution in [-0.2, 0) is 17.1 Å². The van der Waals surface area contributed by atoms with Gasteiger partial charge >= 0.3 is 5.92 Å². The largest absolute Gasteiger partial charge is 0.493 e. The Balaban J connectivity index is 2.02. The molecule has 0 spiro atoms. The molecule has 1 N–H and O–H groups in total. The summed E-state index contributed by atoms with van der Waals surface area (Å²) in [4.78, 5) is 11.8. The number of nitrogens with one attached hydrogen (secondary N) is 1. The lowest BCUT2D eigenvalue weighted by Gasteiger charge is -2.17. The summed E-state index contributed by atoms with van der Waals surface area (Å²) in [7, 11) is 3.04. The Labute approximate surface area is 153 Å². The van der Waals surface area contributed by atoms with Gasteiger partial charge in [-0.2, -0.15) is 8.78 Å². The van der Waals surface area contributed by atoms with Crippen LogP contribution in [0.2, 0.25) is 0 Å². The molecule has 0 aliphatic rings. The van der Waals surface area contributed by atoms with Crippen LogP contribution in [0.4, 0.5) is 8.78 Å². The summed E-state index contributed by atoms with van der Waals surface area (Å²) < 4.78 is 39.4. The number of rotatable bonds is 7. The molecular weight excluding hydrogens is 396 g/mol. The lowest BCUT2D eigenvalue weighted by atomic mass is 10.1. The molecule has 0 saturated carbocycles. The van der Waals surface area contributed by atoms with E-state index in [4.69, 9.17) is 9.47 Å². The average Bonchev–Trinajstić information content (AvgIpc) is 2.63. The number of halogens is 3. The molecule has 4 nitrogen and oxygen atoms in total. The van der Waals surface area contributed by atoms with Crippen molar-refractivity contribution in [2.24, 2.45) is 0 Å². The zero-order valence-corrected chi connectivity index (χ0v) is 15.4. The molecule has 0 atom stereocenters. The zero-order chi connectivity index (χ0) is 18.4. The lowest BCUT2D eigenvalue weighted by molar-refractivity contribution is -0.146. The Morgan fingerprint density at radius 2 is 1.72 bits per heavy atom. The second-order valence-electron chi connectivity index (χ2n) is 5.24. The number of benzene rings is 2. The molecule has 1 amide bonds.